The Kier molecular flexibility index (Phi) is 5.70. The van der Waals surface area contributed by atoms with E-state index in [4.69, 9.17) is 1.37 Å². The normalized spacial score (nSPS) is 13.3. The smallest absolute Gasteiger partial charge is 0.0600 e. The fourth-order valence-corrected chi connectivity index (χ4v) is 0.887. The first kappa shape index (κ1) is 8.06. The molecule has 0 fully saturated rings. The first-order valence-electron chi connectivity index (χ1n) is 4.84. The van der Waals surface area contributed by atoms with Crippen LogP contribution in [0.2, 0.25) is 0 Å². The molecule has 0 rings (SSSR count). The summed E-state index contributed by atoms with van der Waals surface area (Å²) < 4.78 is 7.49. The fraction of sp³-hybridized carbons (Fsp3) is 1.00. The van der Waals surface area contributed by atoms with Crippen molar-refractivity contribution in [3.05, 3.63) is 0 Å². The van der Waals surface area contributed by atoms with E-state index in [0.717, 1.165) is 25.7 Å². The van der Waals surface area contributed by atoms with Crippen molar-refractivity contribution in [2.24, 2.45) is 0 Å². The van der Waals surface area contributed by atoms with Gasteiger partial charge in [-0.2, -0.15) is 0 Å². The molecule has 0 radical (unpaired) electrons. The highest BCUT2D eigenvalue weighted by molar-refractivity contribution is 4.54. The molecule has 0 saturated carbocycles. The minimum atomic E-state index is -1.15. The maximum Gasteiger partial charge on any atom is 0.0600 e. The SMILES string of the molecule is [2H]C(O)(CCCC)CCCC. The maximum absolute atomic E-state index is 9.44. The lowest BCUT2D eigenvalue weighted by Gasteiger charge is -2.07. The molecule has 0 aliphatic carbocycles. The molecule has 0 unspecified atom stereocenters. The van der Waals surface area contributed by atoms with E-state index in [9.17, 15) is 5.11 Å². The van der Waals surface area contributed by atoms with Crippen molar-refractivity contribution in [3.8, 4) is 0 Å². The molecule has 0 heterocycles. The summed E-state index contributed by atoms with van der Waals surface area (Å²) in [5.74, 6) is 0. The van der Waals surface area contributed by atoms with Gasteiger partial charge in [0.2, 0.25) is 0 Å². The van der Waals surface area contributed by atoms with Crippen LogP contribution in [0.1, 0.15) is 53.7 Å². The van der Waals surface area contributed by atoms with Crippen molar-refractivity contribution in [1.29, 1.82) is 0 Å². The van der Waals surface area contributed by atoms with E-state index in [-0.39, 0.29) is 0 Å². The zero-order chi connectivity index (χ0) is 8.74. The molecule has 0 bridgehead atoms. The Balaban J connectivity index is 3.43. The Labute approximate surface area is 65.9 Å². The van der Waals surface area contributed by atoms with Crippen LogP contribution in [0.3, 0.4) is 0 Å². The molecule has 0 saturated heterocycles. The lowest BCUT2D eigenvalue weighted by Crippen LogP contribution is -2.05. The van der Waals surface area contributed by atoms with Crippen molar-refractivity contribution in [1.82, 2.24) is 0 Å². The van der Waals surface area contributed by atoms with Crippen LogP contribution in [0.25, 0.3) is 0 Å². The largest absolute Gasteiger partial charge is 0.393 e. The third-order valence-corrected chi connectivity index (χ3v) is 1.64. The summed E-state index contributed by atoms with van der Waals surface area (Å²) in [5, 5.41) is 9.44. The van der Waals surface area contributed by atoms with Gasteiger partial charge in [0.1, 0.15) is 0 Å². The van der Waals surface area contributed by atoms with Crippen LogP contribution in [0, 0.1) is 0 Å². The van der Waals surface area contributed by atoms with E-state index in [0.29, 0.717) is 12.8 Å². The van der Waals surface area contributed by atoms with Crippen LogP contribution in [0.5, 0.6) is 0 Å². The molecule has 1 nitrogen and oxygen atoms in total. The molecule has 10 heavy (non-hydrogen) atoms. The zero-order valence-electron chi connectivity index (χ0n) is 8.19. The second-order valence-corrected chi connectivity index (χ2v) is 2.77. The lowest BCUT2D eigenvalue weighted by molar-refractivity contribution is 0.149. The van der Waals surface area contributed by atoms with Crippen molar-refractivity contribution in [3.63, 3.8) is 0 Å². The van der Waals surface area contributed by atoms with Crippen LogP contribution in [0.4, 0.5) is 0 Å². The van der Waals surface area contributed by atoms with Crippen LogP contribution in [-0.2, 0) is 0 Å². The average molecular weight is 145 g/mol. The van der Waals surface area contributed by atoms with Crippen molar-refractivity contribution >= 4 is 0 Å². The van der Waals surface area contributed by atoms with Gasteiger partial charge in [-0.15, -0.1) is 0 Å². The summed E-state index contributed by atoms with van der Waals surface area (Å²) in [6.45, 7) is 4.16. The summed E-state index contributed by atoms with van der Waals surface area (Å²) in [5.41, 5.74) is 0. The first-order chi connectivity index (χ1) is 5.12. The molecule has 0 atom stereocenters. The quantitative estimate of drug-likeness (QED) is 0.609. The maximum atomic E-state index is 9.44. The number of aliphatic hydroxyl groups is 1. The van der Waals surface area contributed by atoms with E-state index >= 15 is 0 Å². The summed E-state index contributed by atoms with van der Waals surface area (Å²) in [6, 6.07) is 0. The molecule has 0 aliphatic rings. The third kappa shape index (κ3) is 6.09. The van der Waals surface area contributed by atoms with E-state index in [1.807, 2.05) is 0 Å². The lowest BCUT2D eigenvalue weighted by atomic mass is 10.1. The summed E-state index contributed by atoms with van der Waals surface area (Å²) >= 11 is 0. The highest BCUT2D eigenvalue weighted by atomic mass is 16.3. The number of rotatable bonds is 6. The second-order valence-electron chi connectivity index (χ2n) is 2.77. The van der Waals surface area contributed by atoms with Crippen molar-refractivity contribution in [2.75, 3.05) is 0 Å². The number of hydrogen-bond acceptors (Lipinski definition) is 1. The Morgan fingerprint density at radius 3 is 1.90 bits per heavy atom. The fourth-order valence-electron chi connectivity index (χ4n) is 0.887. The Hall–Kier alpha value is -0.0400. The molecule has 1 N–H and O–H groups in total. The minimum absolute atomic E-state index is 0.628. The molecule has 62 valence electrons. The molecular formula is C9H20O. The third-order valence-electron chi connectivity index (χ3n) is 1.64. The van der Waals surface area contributed by atoms with E-state index in [1.54, 1.807) is 0 Å². The molecule has 0 aliphatic heterocycles. The van der Waals surface area contributed by atoms with Gasteiger partial charge in [-0.1, -0.05) is 39.5 Å². The molecule has 1 heteroatoms. The second kappa shape index (κ2) is 7.07. The van der Waals surface area contributed by atoms with Gasteiger partial charge in [-0.3, -0.25) is 0 Å². The highest BCUT2D eigenvalue weighted by Crippen LogP contribution is 2.07. The van der Waals surface area contributed by atoms with Gasteiger partial charge < -0.3 is 5.11 Å². The number of hydrogen-bond donors (Lipinski definition) is 1. The van der Waals surface area contributed by atoms with Crippen LogP contribution in [-0.4, -0.2) is 11.2 Å². The average Bonchev–Trinajstić information content (AvgIpc) is 1.97. The van der Waals surface area contributed by atoms with Crippen molar-refractivity contribution in [2.45, 2.75) is 58.5 Å². The zero-order valence-corrected chi connectivity index (χ0v) is 7.19. The summed E-state index contributed by atoms with van der Waals surface area (Å²) in [6.07, 6.45) is 4.16. The summed E-state index contributed by atoms with van der Waals surface area (Å²) in [4.78, 5) is 0. The number of unbranched alkanes of at least 4 members (excludes halogenated alkanes) is 2. The van der Waals surface area contributed by atoms with Gasteiger partial charge in [0.15, 0.2) is 0 Å². The molecule has 0 aromatic heterocycles. The Bertz CT molecular complexity index is 81.6. The predicted molar refractivity (Wildman–Crippen MR) is 45.1 cm³/mol. The van der Waals surface area contributed by atoms with Gasteiger partial charge in [-0.25, -0.2) is 0 Å². The van der Waals surface area contributed by atoms with Crippen LogP contribution >= 0.6 is 0 Å². The van der Waals surface area contributed by atoms with Gasteiger partial charge in [0, 0.05) is 0 Å². The van der Waals surface area contributed by atoms with Gasteiger partial charge in [0.05, 0.1) is 7.45 Å². The first-order valence-corrected chi connectivity index (χ1v) is 4.34. The summed E-state index contributed by atoms with van der Waals surface area (Å²) in [7, 11) is 0. The van der Waals surface area contributed by atoms with Gasteiger partial charge >= 0.3 is 0 Å². The Morgan fingerprint density at radius 2 is 1.60 bits per heavy atom. The molecule has 0 aromatic rings. The molecule has 0 amide bonds. The molecule has 0 spiro atoms. The predicted octanol–water partition coefficient (Wildman–Crippen LogP) is 2.73. The van der Waals surface area contributed by atoms with E-state index in [2.05, 4.69) is 13.8 Å². The van der Waals surface area contributed by atoms with Gasteiger partial charge in [0.25, 0.3) is 0 Å². The highest BCUT2D eigenvalue weighted by Gasteiger charge is 2.00. The standard InChI is InChI=1S/C9H20O/c1-3-5-7-9(10)8-6-4-2/h9-10H,3-8H2,1-2H3/i9D. The van der Waals surface area contributed by atoms with Crippen LogP contribution < -0.4 is 0 Å². The topological polar surface area (TPSA) is 20.2 Å². The molecular weight excluding hydrogens is 124 g/mol. The monoisotopic (exact) mass is 145 g/mol. The van der Waals surface area contributed by atoms with E-state index in [1.165, 1.54) is 0 Å². The minimum Gasteiger partial charge on any atom is -0.393 e. The Morgan fingerprint density at radius 1 is 1.20 bits per heavy atom. The molecule has 0 aromatic carbocycles. The van der Waals surface area contributed by atoms with Gasteiger partial charge in [-0.05, 0) is 12.8 Å². The van der Waals surface area contributed by atoms with E-state index < -0.39 is 6.08 Å². The van der Waals surface area contributed by atoms with Crippen molar-refractivity contribution < 1.29 is 6.48 Å². The van der Waals surface area contributed by atoms with Crippen LogP contribution in [0.15, 0.2) is 0 Å².